The maximum Gasteiger partial charge on any atom is 0.410 e. The number of carbonyl (C=O) groups excluding carboxylic acids is 1. The monoisotopic (exact) mass is 515 g/mol. The highest BCUT2D eigenvalue weighted by molar-refractivity contribution is 6.76. The molecule has 35 heavy (non-hydrogen) atoms. The van der Waals surface area contributed by atoms with E-state index >= 15 is 0 Å². The van der Waals surface area contributed by atoms with Gasteiger partial charge in [-0.3, -0.25) is 4.90 Å². The summed E-state index contributed by atoms with van der Waals surface area (Å²) < 4.78 is 11.5. The summed E-state index contributed by atoms with van der Waals surface area (Å²) in [5, 5.41) is 10.7. The van der Waals surface area contributed by atoms with Crippen LogP contribution in [0.25, 0.3) is 17.2 Å². The number of likely N-dealkylation sites (tertiary alicyclic amines) is 1. The Morgan fingerprint density at radius 1 is 1.20 bits per heavy atom. The van der Waals surface area contributed by atoms with Crippen LogP contribution in [0.15, 0.2) is 49.0 Å². The van der Waals surface area contributed by atoms with Crippen molar-refractivity contribution < 1.29 is 24.2 Å². The summed E-state index contributed by atoms with van der Waals surface area (Å²) in [5.74, 6) is -1.09. The van der Waals surface area contributed by atoms with Gasteiger partial charge in [-0.15, -0.1) is 0 Å². The molecule has 0 radical (unpaired) electrons. The van der Waals surface area contributed by atoms with E-state index in [0.717, 1.165) is 28.3 Å². The van der Waals surface area contributed by atoms with Crippen LogP contribution in [0.1, 0.15) is 24.5 Å². The minimum Gasteiger partial charge on any atom is -0.480 e. The summed E-state index contributed by atoms with van der Waals surface area (Å²) in [5.41, 5.74) is 1.18. The summed E-state index contributed by atoms with van der Waals surface area (Å²) >= 11 is 6.21. The number of ether oxygens (including phenoxy) is 2. The molecule has 1 N–H and O–H groups in total. The zero-order valence-corrected chi connectivity index (χ0v) is 22.8. The van der Waals surface area contributed by atoms with Crippen LogP contribution in [0.3, 0.4) is 0 Å². The molecule has 1 saturated heterocycles. The van der Waals surface area contributed by atoms with Crippen LogP contribution >= 0.6 is 11.6 Å². The molecule has 0 bridgehead atoms. The van der Waals surface area contributed by atoms with Gasteiger partial charge in [-0.05, 0) is 47.4 Å². The lowest BCUT2D eigenvalue weighted by atomic mass is 9.85. The van der Waals surface area contributed by atoms with Crippen molar-refractivity contribution in [3.05, 3.63) is 65.2 Å². The topological polar surface area (TPSA) is 76.1 Å². The Labute approximate surface area is 213 Å². The molecule has 1 fully saturated rings. The molecule has 1 aliphatic rings. The number of hydrogen-bond acceptors (Lipinski definition) is 4. The molecule has 0 unspecified atom stereocenters. The fourth-order valence-corrected chi connectivity index (χ4v) is 5.36. The Bertz CT molecular complexity index is 1110. The van der Waals surface area contributed by atoms with Gasteiger partial charge in [0, 0.05) is 26.6 Å². The zero-order chi connectivity index (χ0) is 26.0. The first-order valence-corrected chi connectivity index (χ1v) is 15.7. The van der Waals surface area contributed by atoms with Crippen molar-refractivity contribution in [1.29, 1.82) is 0 Å². The number of hydrogen-bond donors (Lipinski definition) is 1. The lowest BCUT2D eigenvalue weighted by Crippen LogP contribution is -2.51. The Balaban J connectivity index is 1.92. The van der Waals surface area contributed by atoms with Crippen LogP contribution in [0.5, 0.6) is 0 Å². The molecule has 6 nitrogen and oxygen atoms in total. The van der Waals surface area contributed by atoms with Crippen molar-refractivity contribution in [3.8, 4) is 11.1 Å². The predicted octanol–water partition coefficient (Wildman–Crippen LogP) is 6.52. The van der Waals surface area contributed by atoms with Gasteiger partial charge < -0.3 is 14.6 Å². The predicted molar refractivity (Wildman–Crippen MR) is 143 cm³/mol. The highest BCUT2D eigenvalue weighted by atomic mass is 35.5. The molecule has 0 saturated carbocycles. The maximum atomic E-state index is 13.0. The third-order valence-electron chi connectivity index (χ3n) is 6.75. The van der Waals surface area contributed by atoms with E-state index in [1.807, 2.05) is 42.5 Å². The van der Waals surface area contributed by atoms with Crippen LogP contribution < -0.4 is 0 Å². The lowest BCUT2D eigenvalue weighted by Gasteiger charge is -2.30. The Morgan fingerprint density at radius 3 is 2.40 bits per heavy atom. The summed E-state index contributed by atoms with van der Waals surface area (Å²) in [6, 6.07) is 14.1. The second-order valence-corrected chi connectivity index (χ2v) is 16.5. The van der Waals surface area contributed by atoms with E-state index in [4.69, 9.17) is 21.1 Å². The summed E-state index contributed by atoms with van der Waals surface area (Å²) in [6.45, 7) is 12.4. The number of carboxylic acids is 1. The standard InChI is InChI=1S/C27H34ClNO5Si/c1-7-19-10-13-22(28)16-23(19)20-8-11-21(12-9-20)27(33-3)17-26(2,24(30)31)29(18-27)25(32)34-14-15-35(4,5)6/h7-13,16H,1,14-15,17-18H2,2-6H3,(H,30,31)/t26-,27-/m0/s1. The van der Waals surface area contributed by atoms with Gasteiger partial charge in [0.05, 0.1) is 13.2 Å². The van der Waals surface area contributed by atoms with Gasteiger partial charge in [-0.25, -0.2) is 9.59 Å². The summed E-state index contributed by atoms with van der Waals surface area (Å²) in [6.07, 6.45) is 1.25. The van der Waals surface area contributed by atoms with Crippen LogP contribution in [-0.4, -0.2) is 55.9 Å². The average Bonchev–Trinajstić information content (AvgIpc) is 3.13. The van der Waals surface area contributed by atoms with E-state index in [1.165, 1.54) is 4.90 Å². The van der Waals surface area contributed by atoms with Crippen molar-refractivity contribution in [2.45, 2.75) is 50.2 Å². The molecule has 188 valence electrons. The first kappa shape index (κ1) is 27.0. The maximum absolute atomic E-state index is 13.0. The minimum atomic E-state index is -1.46. The van der Waals surface area contributed by atoms with Crippen molar-refractivity contribution in [1.82, 2.24) is 4.90 Å². The molecule has 2 atom stereocenters. The first-order chi connectivity index (χ1) is 16.3. The molecule has 8 heteroatoms. The molecular formula is C27H34ClNO5Si. The van der Waals surface area contributed by atoms with Crippen molar-refractivity contribution in [3.63, 3.8) is 0 Å². The second kappa shape index (κ2) is 10.2. The molecule has 1 amide bonds. The molecular weight excluding hydrogens is 482 g/mol. The number of halogens is 1. The Kier molecular flexibility index (Phi) is 7.84. The first-order valence-electron chi connectivity index (χ1n) is 11.6. The molecule has 1 heterocycles. The van der Waals surface area contributed by atoms with Gasteiger partial charge >= 0.3 is 12.1 Å². The normalized spacial score (nSPS) is 22.2. The molecule has 0 aliphatic carbocycles. The van der Waals surface area contributed by atoms with Gasteiger partial charge in [-0.1, -0.05) is 74.2 Å². The van der Waals surface area contributed by atoms with E-state index in [0.29, 0.717) is 5.02 Å². The number of carbonyl (C=O) groups is 2. The Morgan fingerprint density at radius 2 is 1.86 bits per heavy atom. The van der Waals surface area contributed by atoms with E-state index < -0.39 is 31.3 Å². The summed E-state index contributed by atoms with van der Waals surface area (Å²) in [4.78, 5) is 26.6. The second-order valence-electron chi connectivity index (χ2n) is 10.5. The van der Waals surface area contributed by atoms with Crippen molar-refractivity contribution >= 4 is 37.8 Å². The van der Waals surface area contributed by atoms with Crippen molar-refractivity contribution in [2.24, 2.45) is 0 Å². The van der Waals surface area contributed by atoms with E-state index in [9.17, 15) is 14.7 Å². The number of aliphatic carboxylic acids is 1. The highest BCUT2D eigenvalue weighted by Gasteiger charge is 2.58. The van der Waals surface area contributed by atoms with Crippen LogP contribution in [0.4, 0.5) is 4.79 Å². The molecule has 0 spiro atoms. The smallest absolute Gasteiger partial charge is 0.410 e. The highest BCUT2D eigenvalue weighted by Crippen LogP contribution is 2.45. The average molecular weight is 516 g/mol. The lowest BCUT2D eigenvalue weighted by molar-refractivity contribution is -0.148. The molecule has 3 rings (SSSR count). The van der Waals surface area contributed by atoms with E-state index in [-0.39, 0.29) is 19.6 Å². The third-order valence-corrected chi connectivity index (χ3v) is 8.68. The van der Waals surface area contributed by atoms with Crippen LogP contribution in [0.2, 0.25) is 30.7 Å². The zero-order valence-electron chi connectivity index (χ0n) is 21.1. The minimum absolute atomic E-state index is 0.0759. The molecule has 1 aliphatic heterocycles. The number of amides is 1. The number of methoxy groups -OCH3 is 1. The number of carboxylic acid groups (broad SMARTS) is 1. The van der Waals surface area contributed by atoms with Gasteiger partial charge in [-0.2, -0.15) is 0 Å². The fraction of sp³-hybridized carbons (Fsp3) is 0.407. The molecule has 0 aromatic heterocycles. The van der Waals surface area contributed by atoms with E-state index in [2.05, 4.69) is 26.2 Å². The van der Waals surface area contributed by atoms with Crippen LogP contribution in [-0.2, 0) is 19.9 Å². The number of benzene rings is 2. The van der Waals surface area contributed by atoms with Gasteiger partial charge in [0.25, 0.3) is 0 Å². The van der Waals surface area contributed by atoms with Gasteiger partial charge in [0.15, 0.2) is 0 Å². The van der Waals surface area contributed by atoms with E-state index in [1.54, 1.807) is 20.1 Å². The third kappa shape index (κ3) is 5.63. The Hall–Kier alpha value is -2.61. The number of nitrogens with zero attached hydrogens (tertiary/aromatic N) is 1. The fourth-order valence-electron chi connectivity index (χ4n) is 4.47. The summed E-state index contributed by atoms with van der Waals surface area (Å²) in [7, 11) is 0.141. The van der Waals surface area contributed by atoms with Crippen molar-refractivity contribution in [2.75, 3.05) is 20.3 Å². The molecule has 2 aromatic rings. The van der Waals surface area contributed by atoms with Crippen LogP contribution in [0, 0.1) is 0 Å². The van der Waals surface area contributed by atoms with Gasteiger partial charge in [0.1, 0.15) is 11.1 Å². The quantitative estimate of drug-likeness (QED) is 0.405. The molecule has 2 aromatic carbocycles. The number of rotatable bonds is 8. The SMILES string of the molecule is C=Cc1ccc(Cl)cc1-c1ccc([C@@]2(OC)CN(C(=O)OCC[Si](C)(C)C)[C@](C)(C(=O)O)C2)cc1. The largest absolute Gasteiger partial charge is 0.480 e. The van der Waals surface area contributed by atoms with Gasteiger partial charge in [0.2, 0.25) is 0 Å².